The quantitative estimate of drug-likeness (QED) is 0.695. The van der Waals surface area contributed by atoms with Crippen LogP contribution in [0.4, 0.5) is 0 Å². The molecule has 0 atom stereocenters. The second-order valence-corrected chi connectivity index (χ2v) is 7.45. The highest BCUT2D eigenvalue weighted by molar-refractivity contribution is 6.33. The zero-order chi connectivity index (χ0) is 18.8. The van der Waals surface area contributed by atoms with E-state index in [0.29, 0.717) is 21.2 Å². The van der Waals surface area contributed by atoms with E-state index in [2.05, 4.69) is 0 Å². The Morgan fingerprint density at radius 3 is 1.96 bits per heavy atom. The smallest absolute Gasteiger partial charge is 0.267 e. The molecule has 0 heterocycles. The summed E-state index contributed by atoms with van der Waals surface area (Å²) in [4.78, 5) is 25.9. The molecule has 0 saturated heterocycles. The predicted octanol–water partition coefficient (Wildman–Crippen LogP) is 4.92. The molecule has 0 radical (unpaired) electrons. The molecular formula is C19H20Cl2N2O2. The number of nitrogens with zero attached hydrogens (tertiary/aromatic N) is 2. The molecule has 2 amide bonds. The number of hydrogen-bond donors (Lipinski definition) is 0. The van der Waals surface area contributed by atoms with Crippen molar-refractivity contribution in [1.29, 1.82) is 0 Å². The Morgan fingerprint density at radius 1 is 0.880 bits per heavy atom. The lowest BCUT2D eigenvalue weighted by Gasteiger charge is -2.41. The summed E-state index contributed by atoms with van der Waals surface area (Å²) in [6.07, 6.45) is 0. The molecule has 0 N–H and O–H groups in total. The first kappa shape index (κ1) is 19.3. The van der Waals surface area contributed by atoms with Crippen LogP contribution in [0.2, 0.25) is 10.0 Å². The van der Waals surface area contributed by atoms with Crippen LogP contribution in [0.3, 0.4) is 0 Å². The minimum atomic E-state index is -0.632. The maximum atomic E-state index is 13.1. The molecule has 0 aliphatic carbocycles. The van der Waals surface area contributed by atoms with E-state index in [0.717, 1.165) is 0 Å². The maximum absolute atomic E-state index is 13.1. The zero-order valence-electron chi connectivity index (χ0n) is 14.6. The van der Waals surface area contributed by atoms with Crippen LogP contribution in [0.1, 0.15) is 41.5 Å². The number of hydrazine groups is 1. The second-order valence-electron chi connectivity index (χ2n) is 6.60. The average Bonchev–Trinajstić information content (AvgIpc) is 2.54. The molecular weight excluding hydrogens is 359 g/mol. The van der Waals surface area contributed by atoms with Gasteiger partial charge in [-0.2, -0.15) is 0 Å². The van der Waals surface area contributed by atoms with E-state index in [1.54, 1.807) is 55.6 Å². The van der Waals surface area contributed by atoms with E-state index in [1.807, 2.05) is 20.8 Å². The lowest BCUT2D eigenvalue weighted by molar-refractivity contribution is -0.0307. The molecule has 0 unspecified atom stereocenters. The molecule has 6 heteroatoms. The van der Waals surface area contributed by atoms with Crippen molar-refractivity contribution in [3.63, 3.8) is 0 Å². The molecule has 2 aromatic carbocycles. The molecule has 2 aromatic rings. The summed E-state index contributed by atoms with van der Waals surface area (Å²) in [5.74, 6) is -0.657. The van der Waals surface area contributed by atoms with E-state index >= 15 is 0 Å². The highest BCUT2D eigenvalue weighted by Gasteiger charge is 2.34. The largest absolute Gasteiger partial charge is 0.274 e. The summed E-state index contributed by atoms with van der Waals surface area (Å²) in [6, 6.07) is 13.3. The van der Waals surface area contributed by atoms with E-state index in [-0.39, 0.29) is 11.8 Å². The van der Waals surface area contributed by atoms with Crippen molar-refractivity contribution in [2.75, 3.05) is 7.05 Å². The van der Waals surface area contributed by atoms with E-state index in [4.69, 9.17) is 23.2 Å². The number of halogens is 2. The van der Waals surface area contributed by atoms with Crippen molar-refractivity contribution in [2.24, 2.45) is 0 Å². The fraction of sp³-hybridized carbons (Fsp3) is 0.263. The number of carbonyl (C=O) groups excluding carboxylic acids is 2. The molecule has 0 saturated carbocycles. The summed E-state index contributed by atoms with van der Waals surface area (Å²) in [7, 11) is 1.57. The summed E-state index contributed by atoms with van der Waals surface area (Å²) in [6.45, 7) is 5.56. The Kier molecular flexibility index (Phi) is 5.76. The number of benzene rings is 2. The molecule has 25 heavy (non-hydrogen) atoms. The second kappa shape index (κ2) is 7.46. The molecule has 0 bridgehead atoms. The van der Waals surface area contributed by atoms with Gasteiger partial charge in [-0.3, -0.25) is 9.59 Å². The van der Waals surface area contributed by atoms with Gasteiger partial charge in [-0.25, -0.2) is 10.0 Å². The normalized spacial score (nSPS) is 11.1. The van der Waals surface area contributed by atoms with Crippen LogP contribution in [-0.2, 0) is 0 Å². The number of carbonyl (C=O) groups is 2. The molecule has 0 aromatic heterocycles. The number of rotatable bonds is 2. The topological polar surface area (TPSA) is 40.6 Å². The van der Waals surface area contributed by atoms with Crippen LogP contribution in [0.25, 0.3) is 0 Å². The van der Waals surface area contributed by atoms with Gasteiger partial charge in [0.2, 0.25) is 0 Å². The van der Waals surface area contributed by atoms with Gasteiger partial charge < -0.3 is 0 Å². The maximum Gasteiger partial charge on any atom is 0.274 e. The standard InChI is InChI=1S/C19H20Cl2N2O2/c1-19(2,3)23(18(25)15-7-5-6-8-16(15)21)22(4)17(24)13-9-11-14(20)12-10-13/h5-12H,1-4H3. The molecule has 2 rings (SSSR count). The van der Waals surface area contributed by atoms with Gasteiger partial charge >= 0.3 is 0 Å². The van der Waals surface area contributed by atoms with Gasteiger partial charge in [0, 0.05) is 17.6 Å². The number of hydrogen-bond acceptors (Lipinski definition) is 2. The van der Waals surface area contributed by atoms with Gasteiger partial charge in [0.15, 0.2) is 0 Å². The summed E-state index contributed by atoms with van der Waals surface area (Å²) >= 11 is 12.0. The lowest BCUT2D eigenvalue weighted by Crippen LogP contribution is -2.56. The number of amides is 2. The van der Waals surface area contributed by atoms with Gasteiger partial charge in [0.25, 0.3) is 11.8 Å². The average molecular weight is 379 g/mol. The van der Waals surface area contributed by atoms with Crippen molar-refractivity contribution in [3.05, 3.63) is 69.7 Å². The van der Waals surface area contributed by atoms with Crippen LogP contribution in [0, 0.1) is 0 Å². The SMILES string of the molecule is CN(C(=O)c1ccc(Cl)cc1)N(C(=O)c1ccccc1Cl)C(C)(C)C. The van der Waals surface area contributed by atoms with Gasteiger partial charge in [-0.1, -0.05) is 35.3 Å². The Balaban J connectivity index is 2.40. The van der Waals surface area contributed by atoms with Gasteiger partial charge in [0.05, 0.1) is 16.1 Å². The van der Waals surface area contributed by atoms with Crippen molar-refractivity contribution < 1.29 is 9.59 Å². The zero-order valence-corrected chi connectivity index (χ0v) is 16.1. The van der Waals surface area contributed by atoms with E-state index in [9.17, 15) is 9.59 Å². The molecule has 0 aliphatic heterocycles. The molecule has 4 nitrogen and oxygen atoms in total. The van der Waals surface area contributed by atoms with E-state index in [1.165, 1.54) is 10.0 Å². The van der Waals surface area contributed by atoms with Crippen molar-refractivity contribution >= 4 is 35.0 Å². The minimum absolute atomic E-state index is 0.313. The van der Waals surface area contributed by atoms with Crippen molar-refractivity contribution in [1.82, 2.24) is 10.0 Å². The monoisotopic (exact) mass is 378 g/mol. The highest BCUT2D eigenvalue weighted by Crippen LogP contribution is 2.24. The third-order valence-electron chi connectivity index (χ3n) is 3.62. The highest BCUT2D eigenvalue weighted by atomic mass is 35.5. The Bertz CT molecular complexity index is 783. The first-order valence-electron chi connectivity index (χ1n) is 7.75. The van der Waals surface area contributed by atoms with Crippen molar-refractivity contribution in [3.8, 4) is 0 Å². The molecule has 132 valence electrons. The molecule has 0 spiro atoms. The fourth-order valence-electron chi connectivity index (χ4n) is 2.51. The van der Waals surface area contributed by atoms with Crippen LogP contribution in [0.15, 0.2) is 48.5 Å². The lowest BCUT2D eigenvalue weighted by atomic mass is 10.1. The Morgan fingerprint density at radius 2 is 1.44 bits per heavy atom. The van der Waals surface area contributed by atoms with Gasteiger partial charge in [-0.15, -0.1) is 0 Å². The third kappa shape index (κ3) is 4.33. The van der Waals surface area contributed by atoms with Crippen molar-refractivity contribution in [2.45, 2.75) is 26.3 Å². The Hall–Kier alpha value is -2.04. The van der Waals surface area contributed by atoms with Crippen LogP contribution in [0.5, 0.6) is 0 Å². The summed E-state index contributed by atoms with van der Waals surface area (Å²) in [5, 5.41) is 3.60. The summed E-state index contributed by atoms with van der Waals surface area (Å²) < 4.78 is 0. The van der Waals surface area contributed by atoms with E-state index < -0.39 is 5.54 Å². The minimum Gasteiger partial charge on any atom is -0.267 e. The first-order chi connectivity index (χ1) is 11.6. The third-order valence-corrected chi connectivity index (χ3v) is 4.20. The van der Waals surface area contributed by atoms with Gasteiger partial charge in [0.1, 0.15) is 0 Å². The molecule has 0 aliphatic rings. The Labute approximate surface area is 157 Å². The predicted molar refractivity (Wildman–Crippen MR) is 101 cm³/mol. The van der Waals surface area contributed by atoms with Crippen LogP contribution < -0.4 is 0 Å². The van der Waals surface area contributed by atoms with Gasteiger partial charge in [-0.05, 0) is 57.2 Å². The summed E-state index contributed by atoms with van der Waals surface area (Å²) in [5.41, 5.74) is 0.149. The molecule has 0 fully saturated rings. The fourth-order valence-corrected chi connectivity index (χ4v) is 2.85. The van der Waals surface area contributed by atoms with Crippen LogP contribution in [-0.4, -0.2) is 34.4 Å². The first-order valence-corrected chi connectivity index (χ1v) is 8.51. The van der Waals surface area contributed by atoms with Crippen LogP contribution >= 0.6 is 23.2 Å².